The van der Waals surface area contributed by atoms with Gasteiger partial charge in [0, 0.05) is 24.7 Å². The van der Waals surface area contributed by atoms with E-state index in [0.29, 0.717) is 36.1 Å². The summed E-state index contributed by atoms with van der Waals surface area (Å²) in [5.74, 6) is 0.369. The number of rotatable bonds is 3. The Morgan fingerprint density at radius 1 is 1.50 bits per heavy atom. The predicted octanol–water partition coefficient (Wildman–Crippen LogP) is 2.81. The zero-order chi connectivity index (χ0) is 15.7. The van der Waals surface area contributed by atoms with Crippen molar-refractivity contribution in [3.8, 4) is 11.3 Å². The largest absolute Gasteiger partial charge is 0.355 e. The molecule has 1 unspecified atom stereocenters. The lowest BCUT2D eigenvalue weighted by atomic mass is 9.90. The van der Waals surface area contributed by atoms with E-state index in [9.17, 15) is 4.79 Å². The van der Waals surface area contributed by atoms with Gasteiger partial charge in [-0.1, -0.05) is 35.8 Å². The highest BCUT2D eigenvalue weighted by atomic mass is 35.5. The average Bonchev–Trinajstić information content (AvgIpc) is 3.15. The number of amides is 1. The van der Waals surface area contributed by atoms with E-state index in [0.717, 1.165) is 12.0 Å². The number of hydrogen-bond donors (Lipinski definition) is 1. The van der Waals surface area contributed by atoms with Crippen LogP contribution in [0, 0.1) is 5.41 Å². The highest BCUT2D eigenvalue weighted by Crippen LogP contribution is 2.31. The van der Waals surface area contributed by atoms with Gasteiger partial charge >= 0.3 is 0 Å². The fraction of sp³-hybridized carbons (Fsp3) is 0.375. The van der Waals surface area contributed by atoms with E-state index in [1.807, 2.05) is 18.2 Å². The first-order valence-electron chi connectivity index (χ1n) is 7.23. The number of nitrogens with two attached hydrogens (primary N) is 1. The summed E-state index contributed by atoms with van der Waals surface area (Å²) in [6.45, 7) is 4.01. The lowest BCUT2D eigenvalue weighted by Gasteiger charge is -2.21. The van der Waals surface area contributed by atoms with Crippen molar-refractivity contribution in [1.29, 1.82) is 0 Å². The number of hydrogen-bond acceptors (Lipinski definition) is 4. The van der Waals surface area contributed by atoms with Crippen LogP contribution in [0.3, 0.4) is 0 Å². The van der Waals surface area contributed by atoms with Crippen molar-refractivity contribution in [2.45, 2.75) is 13.3 Å². The van der Waals surface area contributed by atoms with Crippen LogP contribution in [0.4, 0.5) is 0 Å². The van der Waals surface area contributed by atoms with Crippen LogP contribution < -0.4 is 5.73 Å². The van der Waals surface area contributed by atoms with E-state index < -0.39 is 0 Å². The number of nitrogens with zero attached hydrogens (tertiary/aromatic N) is 2. The van der Waals surface area contributed by atoms with Crippen molar-refractivity contribution in [3.63, 3.8) is 0 Å². The molecule has 3 rings (SSSR count). The molecular formula is C16H18ClN3O2. The van der Waals surface area contributed by atoms with E-state index in [1.165, 1.54) is 0 Å². The van der Waals surface area contributed by atoms with Crippen molar-refractivity contribution in [1.82, 2.24) is 10.1 Å². The monoisotopic (exact) mass is 319 g/mol. The molecule has 2 aromatic rings. The number of halogens is 1. The fourth-order valence-corrected chi connectivity index (χ4v) is 2.92. The number of benzene rings is 1. The molecule has 6 heteroatoms. The van der Waals surface area contributed by atoms with E-state index in [-0.39, 0.29) is 11.3 Å². The van der Waals surface area contributed by atoms with Crippen LogP contribution in [0.25, 0.3) is 11.3 Å². The Balaban J connectivity index is 1.80. The molecule has 1 aromatic carbocycles. The van der Waals surface area contributed by atoms with Crippen molar-refractivity contribution in [2.75, 3.05) is 19.6 Å². The van der Waals surface area contributed by atoms with Gasteiger partial charge in [0.2, 0.25) is 0 Å². The molecule has 1 aliphatic heterocycles. The summed E-state index contributed by atoms with van der Waals surface area (Å²) in [6, 6.07) is 8.94. The van der Waals surface area contributed by atoms with Crippen LogP contribution in [0.1, 0.15) is 23.8 Å². The van der Waals surface area contributed by atoms with Crippen molar-refractivity contribution in [2.24, 2.45) is 11.1 Å². The zero-order valence-corrected chi connectivity index (χ0v) is 13.1. The van der Waals surface area contributed by atoms with Crippen LogP contribution >= 0.6 is 11.6 Å². The smallest absolute Gasteiger partial charge is 0.276 e. The topological polar surface area (TPSA) is 72.4 Å². The van der Waals surface area contributed by atoms with Crippen LogP contribution in [0.15, 0.2) is 34.9 Å². The minimum atomic E-state index is -0.126. The molecule has 1 aromatic heterocycles. The first kappa shape index (κ1) is 15.1. The fourth-order valence-electron chi connectivity index (χ4n) is 2.69. The summed E-state index contributed by atoms with van der Waals surface area (Å²) in [7, 11) is 0. The Hall–Kier alpha value is -1.85. The molecule has 1 saturated heterocycles. The Kier molecular flexibility index (Phi) is 3.93. The third-order valence-corrected chi connectivity index (χ3v) is 4.54. The predicted molar refractivity (Wildman–Crippen MR) is 84.6 cm³/mol. The summed E-state index contributed by atoms with van der Waals surface area (Å²) < 4.78 is 5.28. The molecule has 1 amide bonds. The van der Waals surface area contributed by atoms with Gasteiger partial charge in [0.25, 0.3) is 5.91 Å². The molecule has 116 valence electrons. The van der Waals surface area contributed by atoms with Crippen LogP contribution in [-0.2, 0) is 0 Å². The van der Waals surface area contributed by atoms with E-state index >= 15 is 0 Å². The maximum absolute atomic E-state index is 12.5. The van der Waals surface area contributed by atoms with Gasteiger partial charge in [-0.2, -0.15) is 0 Å². The molecule has 0 saturated carbocycles. The minimum absolute atomic E-state index is 0.00896. The Morgan fingerprint density at radius 3 is 2.95 bits per heavy atom. The molecule has 2 heterocycles. The van der Waals surface area contributed by atoms with Crippen LogP contribution in [-0.4, -0.2) is 35.6 Å². The molecule has 1 aliphatic rings. The molecular weight excluding hydrogens is 302 g/mol. The summed E-state index contributed by atoms with van der Waals surface area (Å²) in [5, 5.41) is 4.46. The molecule has 1 atom stereocenters. The van der Waals surface area contributed by atoms with E-state index in [1.54, 1.807) is 17.0 Å². The second-order valence-electron chi connectivity index (χ2n) is 6.05. The number of carbonyl (C=O) groups is 1. The Bertz CT molecular complexity index is 700. The lowest BCUT2D eigenvalue weighted by molar-refractivity contribution is 0.0766. The molecule has 0 aliphatic carbocycles. The van der Waals surface area contributed by atoms with Gasteiger partial charge in [0.1, 0.15) is 0 Å². The second kappa shape index (κ2) is 5.74. The molecule has 0 radical (unpaired) electrons. The molecule has 0 bridgehead atoms. The van der Waals surface area contributed by atoms with Gasteiger partial charge in [0.15, 0.2) is 11.5 Å². The summed E-state index contributed by atoms with van der Waals surface area (Å²) in [5.41, 5.74) is 6.80. The summed E-state index contributed by atoms with van der Waals surface area (Å²) in [4.78, 5) is 14.3. The zero-order valence-electron chi connectivity index (χ0n) is 12.4. The van der Waals surface area contributed by atoms with Gasteiger partial charge in [-0.3, -0.25) is 4.79 Å². The van der Waals surface area contributed by atoms with E-state index in [4.69, 9.17) is 21.9 Å². The Morgan fingerprint density at radius 2 is 2.27 bits per heavy atom. The maximum atomic E-state index is 12.5. The highest BCUT2D eigenvalue weighted by molar-refractivity contribution is 6.33. The molecule has 5 nitrogen and oxygen atoms in total. The first-order chi connectivity index (χ1) is 10.5. The van der Waals surface area contributed by atoms with Crippen molar-refractivity contribution in [3.05, 3.63) is 41.0 Å². The van der Waals surface area contributed by atoms with Crippen molar-refractivity contribution >= 4 is 17.5 Å². The average molecular weight is 320 g/mol. The third-order valence-electron chi connectivity index (χ3n) is 4.21. The number of carbonyl (C=O) groups excluding carboxylic acids is 1. The minimum Gasteiger partial charge on any atom is -0.355 e. The van der Waals surface area contributed by atoms with Gasteiger partial charge < -0.3 is 15.2 Å². The first-order valence-corrected chi connectivity index (χ1v) is 7.61. The number of likely N-dealkylation sites (tertiary alicyclic amines) is 1. The lowest BCUT2D eigenvalue weighted by Crippen LogP contribution is -2.34. The van der Waals surface area contributed by atoms with Crippen LogP contribution in [0.5, 0.6) is 0 Å². The standard InChI is InChI=1S/C16H18ClN3O2/c1-16(9-18)6-7-20(10-16)15(21)13-8-14(22-19-13)11-4-2-3-5-12(11)17/h2-5,8H,6-7,9-10,18H2,1H3. The summed E-state index contributed by atoms with van der Waals surface area (Å²) in [6.07, 6.45) is 0.907. The maximum Gasteiger partial charge on any atom is 0.276 e. The molecule has 2 N–H and O–H groups in total. The summed E-state index contributed by atoms with van der Waals surface area (Å²) >= 11 is 6.13. The van der Waals surface area contributed by atoms with Gasteiger partial charge in [-0.15, -0.1) is 0 Å². The SMILES string of the molecule is CC1(CN)CCN(C(=O)c2cc(-c3ccccc3Cl)on2)C1. The van der Waals surface area contributed by atoms with Gasteiger partial charge in [-0.05, 0) is 30.5 Å². The normalized spacial score (nSPS) is 21.3. The van der Waals surface area contributed by atoms with E-state index in [2.05, 4.69) is 12.1 Å². The highest BCUT2D eigenvalue weighted by Gasteiger charge is 2.36. The van der Waals surface area contributed by atoms with Crippen molar-refractivity contribution < 1.29 is 9.32 Å². The van der Waals surface area contributed by atoms with Gasteiger partial charge in [-0.25, -0.2) is 0 Å². The Labute approximate surface area is 134 Å². The van der Waals surface area contributed by atoms with Crippen LogP contribution in [0.2, 0.25) is 5.02 Å². The quantitative estimate of drug-likeness (QED) is 0.944. The van der Waals surface area contributed by atoms with Gasteiger partial charge in [0.05, 0.1) is 5.02 Å². The number of aromatic nitrogens is 1. The molecule has 22 heavy (non-hydrogen) atoms. The molecule has 0 spiro atoms. The third kappa shape index (κ3) is 2.74. The second-order valence-corrected chi connectivity index (χ2v) is 6.45. The molecule has 1 fully saturated rings.